The van der Waals surface area contributed by atoms with Gasteiger partial charge in [0.15, 0.2) is 18.9 Å². The van der Waals surface area contributed by atoms with Gasteiger partial charge in [0.05, 0.1) is 73.2 Å². The van der Waals surface area contributed by atoms with E-state index in [-0.39, 0.29) is 50.2 Å². The van der Waals surface area contributed by atoms with Crippen molar-refractivity contribution in [1.82, 2.24) is 0 Å². The number of esters is 1. The molecule has 5 rings (SSSR count). The monoisotopic (exact) mass is 1110 g/mol. The van der Waals surface area contributed by atoms with Gasteiger partial charge in [0.25, 0.3) is 0 Å². The minimum Gasteiger partial charge on any atom is -0.456 e. The van der Waals surface area contributed by atoms with E-state index in [1.54, 1.807) is 59.8 Å². The summed E-state index contributed by atoms with van der Waals surface area (Å²) in [5, 5.41) is 92.4. The number of hydrogen-bond donors (Lipinski definition) is 8. The van der Waals surface area contributed by atoms with Crippen LogP contribution < -0.4 is 0 Å². The number of rotatable bonds is 15. The molecule has 0 bridgehead atoms. The molecule has 0 aromatic heterocycles. The number of methoxy groups -OCH3 is 4. The Hall–Kier alpha value is -2.59. The molecule has 5 aliphatic heterocycles. The van der Waals surface area contributed by atoms with E-state index in [1.165, 1.54) is 42.3 Å². The fraction of sp³-hybridized carbons (Fsp3) is 0.807. The van der Waals surface area contributed by atoms with Gasteiger partial charge < -0.3 is 97.7 Å². The lowest BCUT2D eigenvalue weighted by molar-refractivity contribution is -0.366. The molecule has 0 unspecified atom stereocenters. The molecule has 25 atom stereocenters. The van der Waals surface area contributed by atoms with Crippen LogP contribution in [0, 0.1) is 17.8 Å². The Morgan fingerprint density at radius 1 is 0.769 bits per heavy atom. The highest BCUT2D eigenvalue weighted by Gasteiger charge is 2.57. The molecule has 4 fully saturated rings. The summed E-state index contributed by atoms with van der Waals surface area (Å²) < 4.78 is 71.8. The van der Waals surface area contributed by atoms with E-state index in [0.29, 0.717) is 12.0 Å². The highest BCUT2D eigenvalue weighted by atomic mass is 16.7. The van der Waals surface area contributed by atoms with E-state index >= 15 is 0 Å². The first-order chi connectivity index (χ1) is 36.7. The highest BCUT2D eigenvalue weighted by Crippen LogP contribution is 2.43. The van der Waals surface area contributed by atoms with Gasteiger partial charge in [0.1, 0.15) is 42.7 Å². The molecule has 5 heterocycles. The summed E-state index contributed by atoms with van der Waals surface area (Å²) in [7, 11) is 5.79. The van der Waals surface area contributed by atoms with Crippen LogP contribution in [-0.2, 0) is 61.6 Å². The number of aliphatic hydroxyl groups excluding tert-OH is 6. The van der Waals surface area contributed by atoms with Crippen LogP contribution in [0.25, 0.3) is 0 Å². The smallest absolute Gasteiger partial charge is 0.334 e. The van der Waals surface area contributed by atoms with Crippen molar-refractivity contribution in [2.24, 2.45) is 17.8 Å². The molecule has 0 aromatic rings. The maximum atomic E-state index is 14.1. The first-order valence-corrected chi connectivity index (χ1v) is 27.5. The number of allylic oxidation sites excluding steroid dienone is 7. The molecular formula is C57H94O21. The molecule has 21 heteroatoms. The third-order valence-corrected chi connectivity index (χ3v) is 16.2. The fourth-order valence-corrected chi connectivity index (χ4v) is 11.2. The molecule has 0 radical (unpaired) electrons. The van der Waals surface area contributed by atoms with Crippen molar-refractivity contribution in [3.8, 4) is 0 Å². The van der Waals surface area contributed by atoms with Gasteiger partial charge in [-0.1, -0.05) is 68.4 Å². The predicted molar refractivity (Wildman–Crippen MR) is 283 cm³/mol. The van der Waals surface area contributed by atoms with Crippen LogP contribution in [0.1, 0.15) is 108 Å². The largest absolute Gasteiger partial charge is 0.456 e. The molecule has 78 heavy (non-hydrogen) atoms. The fourth-order valence-electron chi connectivity index (χ4n) is 11.2. The Morgan fingerprint density at radius 3 is 2.09 bits per heavy atom. The molecule has 0 amide bonds. The van der Waals surface area contributed by atoms with Gasteiger partial charge in [-0.05, 0) is 67.4 Å². The van der Waals surface area contributed by atoms with Gasteiger partial charge in [-0.15, -0.1) is 0 Å². The van der Waals surface area contributed by atoms with E-state index in [9.17, 15) is 45.6 Å². The summed E-state index contributed by atoms with van der Waals surface area (Å²) >= 11 is 0. The predicted octanol–water partition coefficient (Wildman–Crippen LogP) is 3.20. The van der Waals surface area contributed by atoms with E-state index in [0.717, 1.165) is 5.57 Å². The van der Waals surface area contributed by atoms with Crippen LogP contribution in [0.15, 0.2) is 59.3 Å². The molecule has 0 aliphatic carbocycles. The molecule has 448 valence electrons. The molecule has 8 N–H and O–H groups in total. The molecule has 0 aromatic carbocycles. The maximum absolute atomic E-state index is 14.1. The number of ether oxygens (including phenoxy) is 12. The molecule has 5 aliphatic rings. The lowest BCUT2D eigenvalue weighted by Gasteiger charge is -2.51. The Morgan fingerprint density at radius 2 is 1.45 bits per heavy atom. The molecule has 0 saturated carbocycles. The summed E-state index contributed by atoms with van der Waals surface area (Å²) in [6.07, 6.45) is -6.64. The van der Waals surface area contributed by atoms with E-state index in [4.69, 9.17) is 56.8 Å². The Labute approximate surface area is 461 Å². The van der Waals surface area contributed by atoms with Crippen LogP contribution in [0.3, 0.4) is 0 Å². The summed E-state index contributed by atoms with van der Waals surface area (Å²) in [4.78, 5) is 14.1. The third-order valence-electron chi connectivity index (χ3n) is 16.2. The van der Waals surface area contributed by atoms with Gasteiger partial charge >= 0.3 is 5.97 Å². The quantitative estimate of drug-likeness (QED) is 0.109. The van der Waals surface area contributed by atoms with Gasteiger partial charge in [-0.25, -0.2) is 4.79 Å². The summed E-state index contributed by atoms with van der Waals surface area (Å²) in [6, 6.07) is 0. The Balaban J connectivity index is 1.36. The molecular weight excluding hydrogens is 1020 g/mol. The second-order valence-corrected chi connectivity index (χ2v) is 22.5. The lowest BCUT2D eigenvalue weighted by Crippen LogP contribution is -2.66. The third kappa shape index (κ3) is 16.8. The molecule has 21 nitrogen and oxygen atoms in total. The Kier molecular flexibility index (Phi) is 25.1. The zero-order chi connectivity index (χ0) is 58.0. The number of carbonyl (C=O) groups excluding carboxylic acids is 1. The number of aliphatic hydroxyl groups is 8. The van der Waals surface area contributed by atoms with Gasteiger partial charge in [-0.2, -0.15) is 0 Å². The van der Waals surface area contributed by atoms with Crippen molar-refractivity contribution >= 4 is 5.97 Å². The van der Waals surface area contributed by atoms with Crippen molar-refractivity contribution in [2.75, 3.05) is 35.0 Å². The normalized spacial score (nSPS) is 43.9. The maximum Gasteiger partial charge on any atom is 0.334 e. The zero-order valence-electron chi connectivity index (χ0n) is 48.2. The van der Waals surface area contributed by atoms with Gasteiger partial charge in [0, 0.05) is 77.4 Å². The summed E-state index contributed by atoms with van der Waals surface area (Å²) in [6.45, 7) is 17.2. The molecule has 4 saturated heterocycles. The van der Waals surface area contributed by atoms with Gasteiger partial charge in [-0.3, -0.25) is 0 Å². The van der Waals surface area contributed by atoms with E-state index in [2.05, 4.69) is 0 Å². The lowest BCUT2D eigenvalue weighted by atomic mass is 9.76. The number of cyclic esters (lactones) is 1. The minimum atomic E-state index is -2.54. The standard InChI is InChI=1S/C57H94O21/c1-29-17-16-20-39(58)42(68-12)25-44(75-54(64)32(4)23-30(2)18-15-19-31(3)40(22-21-29)76-55-50(62)49(61)51(70-14)36(8)73-55)52(63)57(66)34(6)47(59)33(5)41(78-57)24-38(28-67-11)74-46-27-56(10,65)53(37(9)72-46)77-45-26-43(69-13)48(60)35(7)71-45/h15,17-19,21-23,31,33-53,55,58-63,65-66H,16,20,24-28H2,1-14H3/t31-,33+,34-,35-,36+,37+,38-,39+,40-,41-,42+,43-,44+,45+,46+,47+,48-,49+,50+,51+,52-,53+,55+,56+,57-/m1/s1. The Bertz CT molecular complexity index is 2030. The van der Waals surface area contributed by atoms with Crippen molar-refractivity contribution < 1.29 is 102 Å². The van der Waals surface area contributed by atoms with Crippen LogP contribution in [0.4, 0.5) is 0 Å². The van der Waals surface area contributed by atoms with Crippen LogP contribution >= 0.6 is 0 Å². The average Bonchev–Trinajstić information content (AvgIpc) is 3.44. The topological polar surface area (TPSA) is 290 Å². The van der Waals surface area contributed by atoms with Crippen LogP contribution in [0.2, 0.25) is 0 Å². The van der Waals surface area contributed by atoms with Crippen molar-refractivity contribution in [3.63, 3.8) is 0 Å². The van der Waals surface area contributed by atoms with E-state index in [1.807, 2.05) is 38.2 Å². The molecule has 0 spiro atoms. The SMILES string of the molecule is COC[C@@H](C[C@H]1O[C@@](O)([C@H](O)[C@@H]2C[C@H](OC)[C@@H](O)CCC=C(C)C=C[C@@H](O[C@@H]3O[C@@H](C)[C@H](OC)[C@@H](O)[C@@H]3O)[C@H](C)C=CC=C(C)C=C(C)C(=O)O2)[C@H](C)[C@@H](O)[C@H]1C)O[C@H]1C[C@](C)(O)[C@@H](O[C@H]2C[C@@H](OC)[C@H](O)[C@@H](C)O2)[C@H](C)O1. The van der Waals surface area contributed by atoms with Crippen molar-refractivity contribution in [1.29, 1.82) is 0 Å². The van der Waals surface area contributed by atoms with Crippen LogP contribution in [0.5, 0.6) is 0 Å². The minimum absolute atomic E-state index is 0.00790. The summed E-state index contributed by atoms with van der Waals surface area (Å²) in [5.41, 5.74) is 0.141. The van der Waals surface area contributed by atoms with E-state index < -0.39 is 152 Å². The number of hydrogen-bond acceptors (Lipinski definition) is 21. The first kappa shape index (κ1) is 66.2. The van der Waals surface area contributed by atoms with Crippen LogP contribution in [-0.4, -0.2) is 216 Å². The summed E-state index contributed by atoms with van der Waals surface area (Å²) in [5.74, 6) is -5.44. The zero-order valence-corrected chi connectivity index (χ0v) is 48.2. The van der Waals surface area contributed by atoms with Gasteiger partial charge in [0.2, 0.25) is 5.79 Å². The van der Waals surface area contributed by atoms with Crippen molar-refractivity contribution in [2.45, 2.75) is 242 Å². The average molecular weight is 1120 g/mol. The number of carbonyl (C=O) groups is 1. The first-order valence-electron chi connectivity index (χ1n) is 27.5. The highest BCUT2D eigenvalue weighted by molar-refractivity contribution is 5.88. The second-order valence-electron chi connectivity index (χ2n) is 22.5. The second kappa shape index (κ2) is 29.6. The van der Waals surface area contributed by atoms with Crippen molar-refractivity contribution in [3.05, 3.63) is 59.3 Å².